The molecule has 1 aromatic carbocycles. The lowest BCUT2D eigenvalue weighted by Crippen LogP contribution is -2.17. The Hall–Kier alpha value is -0.740. The number of benzene rings is 1. The predicted octanol–water partition coefficient (Wildman–Crippen LogP) is 4.61. The lowest BCUT2D eigenvalue weighted by Gasteiger charge is -2.13. The van der Waals surface area contributed by atoms with Gasteiger partial charge in [-0.2, -0.15) is 0 Å². The molecule has 0 bridgehead atoms. The fourth-order valence-electron chi connectivity index (χ4n) is 1.64. The number of hydrogen-bond acceptors (Lipinski definition) is 3. The highest BCUT2D eigenvalue weighted by Gasteiger charge is 2.12. The molecule has 0 spiro atoms. The number of halogens is 2. The van der Waals surface area contributed by atoms with Crippen molar-refractivity contribution >= 4 is 34.5 Å². The van der Waals surface area contributed by atoms with E-state index in [4.69, 9.17) is 23.2 Å². The first-order valence-corrected chi connectivity index (χ1v) is 7.09. The first kappa shape index (κ1) is 13.7. The minimum Gasteiger partial charge on any atom is -0.508 e. The molecule has 5 heteroatoms. The molecule has 96 valence electrons. The van der Waals surface area contributed by atoms with E-state index in [2.05, 4.69) is 5.32 Å². The summed E-state index contributed by atoms with van der Waals surface area (Å²) in [6.45, 7) is 2.76. The van der Waals surface area contributed by atoms with Gasteiger partial charge in [-0.05, 0) is 36.2 Å². The van der Waals surface area contributed by atoms with Crippen LogP contribution in [0.3, 0.4) is 0 Å². The number of aromatic hydroxyl groups is 1. The highest BCUT2D eigenvalue weighted by atomic mass is 35.5. The predicted molar refractivity (Wildman–Crippen MR) is 77.7 cm³/mol. The monoisotopic (exact) mass is 301 g/mol. The van der Waals surface area contributed by atoms with Crippen LogP contribution in [0.5, 0.6) is 5.75 Å². The van der Waals surface area contributed by atoms with Gasteiger partial charge in [0.15, 0.2) is 0 Å². The van der Waals surface area contributed by atoms with Gasteiger partial charge < -0.3 is 10.4 Å². The number of hydrogen-bond donors (Lipinski definition) is 2. The van der Waals surface area contributed by atoms with E-state index in [9.17, 15) is 5.11 Å². The van der Waals surface area contributed by atoms with Crippen molar-refractivity contribution in [2.45, 2.75) is 19.5 Å². The maximum absolute atomic E-state index is 9.20. The highest BCUT2D eigenvalue weighted by molar-refractivity contribution is 7.20. The van der Waals surface area contributed by atoms with E-state index in [1.54, 1.807) is 12.1 Å². The molecule has 1 unspecified atom stereocenters. The van der Waals surface area contributed by atoms with E-state index in [1.807, 2.05) is 25.1 Å². The Kier molecular flexibility index (Phi) is 4.51. The maximum atomic E-state index is 9.20. The number of phenols is 1. The minimum absolute atomic E-state index is 0.134. The summed E-state index contributed by atoms with van der Waals surface area (Å²) in [5.74, 6) is 0.277. The molecule has 2 rings (SSSR count). The first-order valence-electron chi connectivity index (χ1n) is 5.52. The van der Waals surface area contributed by atoms with Crippen LogP contribution >= 0.6 is 34.5 Å². The normalized spacial score (nSPS) is 12.6. The van der Waals surface area contributed by atoms with Crippen molar-refractivity contribution in [3.8, 4) is 5.75 Å². The largest absolute Gasteiger partial charge is 0.508 e. The number of rotatable bonds is 4. The molecule has 2 aromatic rings. The molecule has 1 aromatic heterocycles. The molecule has 2 nitrogen and oxygen atoms in total. The summed E-state index contributed by atoms with van der Waals surface area (Å²) in [6.07, 6.45) is 0. The summed E-state index contributed by atoms with van der Waals surface area (Å²) < 4.78 is 1.43. The third-order valence-electron chi connectivity index (χ3n) is 2.70. The number of nitrogens with one attached hydrogen (secondary N) is 1. The van der Waals surface area contributed by atoms with Gasteiger partial charge in [-0.15, -0.1) is 11.3 Å². The Bertz CT molecular complexity index is 524. The molecular weight excluding hydrogens is 289 g/mol. The molecular formula is C13H13Cl2NOS. The SMILES string of the molecule is CC(NCc1ccc(O)cc1)c1cc(Cl)sc1Cl. The number of thiophene rings is 1. The minimum atomic E-state index is 0.134. The standard InChI is InChI=1S/C13H13Cl2NOS/c1-8(11-6-12(14)18-13(11)15)16-7-9-2-4-10(17)5-3-9/h2-6,8,16-17H,7H2,1H3. The van der Waals surface area contributed by atoms with Crippen molar-refractivity contribution in [3.05, 3.63) is 50.1 Å². The highest BCUT2D eigenvalue weighted by Crippen LogP contribution is 2.34. The Morgan fingerprint density at radius 3 is 2.50 bits per heavy atom. The van der Waals surface area contributed by atoms with Crippen LogP contribution < -0.4 is 5.32 Å². The fraction of sp³-hybridized carbons (Fsp3) is 0.231. The van der Waals surface area contributed by atoms with Crippen LogP contribution in [0.4, 0.5) is 0 Å². The van der Waals surface area contributed by atoms with Gasteiger partial charge in [-0.3, -0.25) is 0 Å². The Morgan fingerprint density at radius 2 is 1.94 bits per heavy atom. The second-order valence-electron chi connectivity index (χ2n) is 4.05. The Morgan fingerprint density at radius 1 is 1.28 bits per heavy atom. The summed E-state index contributed by atoms with van der Waals surface area (Å²) >= 11 is 13.4. The number of phenolic OH excluding ortho intramolecular Hbond substituents is 1. The lowest BCUT2D eigenvalue weighted by atomic mass is 10.1. The van der Waals surface area contributed by atoms with E-state index in [0.29, 0.717) is 10.9 Å². The van der Waals surface area contributed by atoms with E-state index < -0.39 is 0 Å². The van der Waals surface area contributed by atoms with Crippen LogP contribution in [0.2, 0.25) is 8.67 Å². The average molecular weight is 302 g/mol. The van der Waals surface area contributed by atoms with E-state index >= 15 is 0 Å². The molecule has 0 radical (unpaired) electrons. The molecule has 2 N–H and O–H groups in total. The van der Waals surface area contributed by atoms with E-state index in [1.165, 1.54) is 11.3 Å². The lowest BCUT2D eigenvalue weighted by molar-refractivity contribution is 0.474. The van der Waals surface area contributed by atoms with Gasteiger partial charge in [0.1, 0.15) is 5.75 Å². The Balaban J connectivity index is 1.98. The molecule has 0 amide bonds. The van der Waals surface area contributed by atoms with Crippen LogP contribution in [-0.2, 0) is 6.54 Å². The summed E-state index contributed by atoms with van der Waals surface area (Å²) in [5, 5.41) is 12.6. The van der Waals surface area contributed by atoms with Crippen molar-refractivity contribution in [2.75, 3.05) is 0 Å². The van der Waals surface area contributed by atoms with Crippen LogP contribution in [-0.4, -0.2) is 5.11 Å². The molecule has 0 saturated carbocycles. The molecule has 0 aliphatic carbocycles. The third-order valence-corrected chi connectivity index (χ3v) is 4.22. The van der Waals surface area contributed by atoms with Crippen LogP contribution in [0, 0.1) is 0 Å². The van der Waals surface area contributed by atoms with E-state index in [0.717, 1.165) is 15.5 Å². The summed E-state index contributed by atoms with van der Waals surface area (Å²) in [4.78, 5) is 0. The van der Waals surface area contributed by atoms with Crippen molar-refractivity contribution in [2.24, 2.45) is 0 Å². The van der Waals surface area contributed by atoms with Gasteiger partial charge in [0.2, 0.25) is 0 Å². The van der Waals surface area contributed by atoms with Crippen molar-refractivity contribution < 1.29 is 5.11 Å². The second-order valence-corrected chi connectivity index (χ2v) is 6.33. The molecule has 18 heavy (non-hydrogen) atoms. The third kappa shape index (κ3) is 3.39. The maximum Gasteiger partial charge on any atom is 0.115 e. The molecule has 1 heterocycles. The van der Waals surface area contributed by atoms with Crippen molar-refractivity contribution in [3.63, 3.8) is 0 Å². The van der Waals surface area contributed by atoms with E-state index in [-0.39, 0.29) is 11.8 Å². The van der Waals surface area contributed by atoms with Gasteiger partial charge in [0.25, 0.3) is 0 Å². The van der Waals surface area contributed by atoms with Crippen LogP contribution in [0.25, 0.3) is 0 Å². The second kappa shape index (κ2) is 5.93. The fourth-order valence-corrected chi connectivity index (χ4v) is 3.29. The zero-order chi connectivity index (χ0) is 13.1. The molecule has 0 aliphatic rings. The summed E-state index contributed by atoms with van der Waals surface area (Å²) in [6, 6.07) is 9.15. The van der Waals surface area contributed by atoms with Crippen molar-refractivity contribution in [1.29, 1.82) is 0 Å². The van der Waals surface area contributed by atoms with Crippen LogP contribution in [0.15, 0.2) is 30.3 Å². The first-order chi connectivity index (χ1) is 8.56. The smallest absolute Gasteiger partial charge is 0.115 e. The molecule has 1 atom stereocenters. The van der Waals surface area contributed by atoms with Crippen LogP contribution in [0.1, 0.15) is 24.1 Å². The van der Waals surface area contributed by atoms with Crippen molar-refractivity contribution in [1.82, 2.24) is 5.32 Å². The van der Waals surface area contributed by atoms with Gasteiger partial charge in [-0.25, -0.2) is 0 Å². The summed E-state index contributed by atoms with van der Waals surface area (Å²) in [5.41, 5.74) is 2.13. The van der Waals surface area contributed by atoms with Gasteiger partial charge in [0, 0.05) is 12.6 Å². The molecule has 0 fully saturated rings. The zero-order valence-corrected chi connectivity index (χ0v) is 12.1. The quantitative estimate of drug-likeness (QED) is 0.864. The molecule has 0 aliphatic heterocycles. The van der Waals surface area contributed by atoms with Gasteiger partial charge in [-0.1, -0.05) is 35.3 Å². The average Bonchev–Trinajstić information content (AvgIpc) is 2.67. The van der Waals surface area contributed by atoms with Gasteiger partial charge >= 0.3 is 0 Å². The zero-order valence-electron chi connectivity index (χ0n) is 9.78. The molecule has 0 saturated heterocycles. The van der Waals surface area contributed by atoms with Gasteiger partial charge in [0.05, 0.1) is 8.67 Å². The summed E-state index contributed by atoms with van der Waals surface area (Å²) in [7, 11) is 0. The topological polar surface area (TPSA) is 32.3 Å². The Labute approximate surface area is 120 Å².